The van der Waals surface area contributed by atoms with Crippen molar-refractivity contribution >= 4 is 5.91 Å². The number of carbonyl (C=O) groups excluding carboxylic acids is 1. The topological polar surface area (TPSA) is 67.2 Å². The smallest absolute Gasteiger partial charge is 0.254 e. The predicted molar refractivity (Wildman–Crippen MR) is 84.0 cm³/mol. The van der Waals surface area contributed by atoms with Gasteiger partial charge in [0, 0.05) is 6.04 Å². The van der Waals surface area contributed by atoms with Crippen LogP contribution in [0, 0.1) is 12.7 Å². The number of aliphatic hydroxyl groups excluding tert-OH is 1. The first-order chi connectivity index (χ1) is 11.0. The monoisotopic (exact) mass is 317 g/mol. The second-order valence-corrected chi connectivity index (χ2v) is 6.01. The molecule has 1 fully saturated rings. The lowest BCUT2D eigenvalue weighted by Crippen LogP contribution is -2.38. The SMILES string of the molecule is Cc1c(C(=O)NC2CCC(O)CC2)cnn1-c1ccc(F)cc1. The third-order valence-corrected chi connectivity index (χ3v) is 4.36. The van der Waals surface area contributed by atoms with Crippen LogP contribution in [0.2, 0.25) is 0 Å². The van der Waals surface area contributed by atoms with E-state index < -0.39 is 0 Å². The molecule has 2 N–H and O–H groups in total. The van der Waals surface area contributed by atoms with Crippen LogP contribution in [0.4, 0.5) is 4.39 Å². The number of hydrogen-bond donors (Lipinski definition) is 2. The van der Waals surface area contributed by atoms with E-state index in [0.29, 0.717) is 16.9 Å². The summed E-state index contributed by atoms with van der Waals surface area (Å²) in [6.45, 7) is 1.82. The van der Waals surface area contributed by atoms with Gasteiger partial charge in [0.2, 0.25) is 0 Å². The lowest BCUT2D eigenvalue weighted by Gasteiger charge is -2.26. The standard InChI is InChI=1S/C17H20FN3O2/c1-11-16(17(23)20-13-4-8-15(22)9-5-13)10-19-21(11)14-6-2-12(18)3-7-14/h2-3,6-7,10,13,15,22H,4-5,8-9H2,1H3,(H,20,23). The van der Waals surface area contributed by atoms with E-state index in [9.17, 15) is 14.3 Å². The molecule has 1 aliphatic carbocycles. The normalized spacial score (nSPS) is 21.2. The molecule has 0 unspecified atom stereocenters. The van der Waals surface area contributed by atoms with Crippen molar-refractivity contribution in [3.63, 3.8) is 0 Å². The van der Waals surface area contributed by atoms with Crippen LogP contribution in [0.3, 0.4) is 0 Å². The summed E-state index contributed by atoms with van der Waals surface area (Å²) in [6.07, 6.45) is 4.31. The van der Waals surface area contributed by atoms with Gasteiger partial charge >= 0.3 is 0 Å². The molecule has 0 saturated heterocycles. The molecule has 0 aliphatic heterocycles. The van der Waals surface area contributed by atoms with Gasteiger partial charge in [0.1, 0.15) is 5.82 Å². The molecule has 0 bridgehead atoms. The Balaban J connectivity index is 1.73. The lowest BCUT2D eigenvalue weighted by molar-refractivity contribution is 0.0867. The van der Waals surface area contributed by atoms with Gasteiger partial charge in [-0.3, -0.25) is 4.79 Å². The van der Waals surface area contributed by atoms with Crippen LogP contribution in [-0.4, -0.2) is 32.9 Å². The zero-order chi connectivity index (χ0) is 16.4. The Labute approximate surface area is 134 Å². The summed E-state index contributed by atoms with van der Waals surface area (Å²) in [5.74, 6) is -0.465. The van der Waals surface area contributed by atoms with Crippen LogP contribution >= 0.6 is 0 Å². The molecule has 1 aliphatic rings. The Kier molecular flexibility index (Phi) is 4.43. The van der Waals surface area contributed by atoms with E-state index in [1.807, 2.05) is 6.92 Å². The van der Waals surface area contributed by atoms with Crippen LogP contribution in [0.5, 0.6) is 0 Å². The Morgan fingerprint density at radius 3 is 2.57 bits per heavy atom. The van der Waals surface area contributed by atoms with Crippen molar-refractivity contribution in [2.45, 2.75) is 44.8 Å². The summed E-state index contributed by atoms with van der Waals surface area (Å²) in [7, 11) is 0. The van der Waals surface area contributed by atoms with Gasteiger partial charge in [0.05, 0.1) is 29.2 Å². The van der Waals surface area contributed by atoms with Crippen molar-refractivity contribution in [2.75, 3.05) is 0 Å². The summed E-state index contributed by atoms with van der Waals surface area (Å²) >= 11 is 0. The highest BCUT2D eigenvalue weighted by atomic mass is 19.1. The number of aromatic nitrogens is 2. The zero-order valence-corrected chi connectivity index (χ0v) is 13.0. The number of rotatable bonds is 3. The van der Waals surface area contributed by atoms with E-state index in [1.165, 1.54) is 18.3 Å². The molecule has 122 valence electrons. The predicted octanol–water partition coefficient (Wildman–Crippen LogP) is 2.35. The molecule has 0 atom stereocenters. The molecule has 23 heavy (non-hydrogen) atoms. The van der Waals surface area contributed by atoms with Gasteiger partial charge in [0.15, 0.2) is 0 Å². The average Bonchev–Trinajstić information content (AvgIpc) is 2.92. The quantitative estimate of drug-likeness (QED) is 0.913. The highest BCUT2D eigenvalue weighted by Crippen LogP contribution is 2.20. The molecule has 1 saturated carbocycles. The molecular formula is C17H20FN3O2. The molecular weight excluding hydrogens is 297 g/mol. The number of amides is 1. The largest absolute Gasteiger partial charge is 0.393 e. The Morgan fingerprint density at radius 2 is 1.91 bits per heavy atom. The number of hydrogen-bond acceptors (Lipinski definition) is 3. The van der Waals surface area contributed by atoms with Crippen LogP contribution < -0.4 is 5.32 Å². The fourth-order valence-corrected chi connectivity index (χ4v) is 2.96. The molecule has 1 amide bonds. The van der Waals surface area contributed by atoms with Gasteiger partial charge in [-0.2, -0.15) is 5.10 Å². The molecule has 2 aromatic rings. The highest BCUT2D eigenvalue weighted by Gasteiger charge is 2.23. The number of halogens is 1. The van der Waals surface area contributed by atoms with Crippen LogP contribution in [0.15, 0.2) is 30.5 Å². The van der Waals surface area contributed by atoms with Crippen molar-refractivity contribution < 1.29 is 14.3 Å². The summed E-state index contributed by atoms with van der Waals surface area (Å²) < 4.78 is 14.6. The average molecular weight is 317 g/mol. The Hall–Kier alpha value is -2.21. The maximum Gasteiger partial charge on any atom is 0.254 e. The Bertz CT molecular complexity index is 688. The van der Waals surface area contributed by atoms with Crippen molar-refractivity contribution in [1.82, 2.24) is 15.1 Å². The van der Waals surface area contributed by atoms with E-state index in [1.54, 1.807) is 16.8 Å². The van der Waals surface area contributed by atoms with E-state index in [0.717, 1.165) is 25.7 Å². The van der Waals surface area contributed by atoms with Crippen molar-refractivity contribution in [2.24, 2.45) is 0 Å². The summed E-state index contributed by atoms with van der Waals surface area (Å²) in [5, 5.41) is 16.8. The fourth-order valence-electron chi connectivity index (χ4n) is 2.96. The number of carbonyl (C=O) groups is 1. The van der Waals surface area contributed by atoms with Gasteiger partial charge in [-0.05, 0) is 56.9 Å². The minimum atomic E-state index is -0.309. The van der Waals surface area contributed by atoms with Gasteiger partial charge in [-0.1, -0.05) is 0 Å². The summed E-state index contributed by atoms with van der Waals surface area (Å²) in [4.78, 5) is 12.4. The molecule has 1 aromatic heterocycles. The first-order valence-corrected chi connectivity index (χ1v) is 7.84. The molecule has 1 heterocycles. The van der Waals surface area contributed by atoms with Gasteiger partial charge in [-0.15, -0.1) is 0 Å². The van der Waals surface area contributed by atoms with Crippen LogP contribution in [0.1, 0.15) is 41.7 Å². The third-order valence-electron chi connectivity index (χ3n) is 4.36. The molecule has 3 rings (SSSR count). The minimum Gasteiger partial charge on any atom is -0.393 e. The number of nitrogens with zero attached hydrogens (tertiary/aromatic N) is 2. The second-order valence-electron chi connectivity index (χ2n) is 6.01. The van der Waals surface area contributed by atoms with Crippen molar-refractivity contribution in [3.8, 4) is 5.69 Å². The van der Waals surface area contributed by atoms with E-state index >= 15 is 0 Å². The number of nitrogens with one attached hydrogen (secondary N) is 1. The summed E-state index contributed by atoms with van der Waals surface area (Å²) in [6, 6.07) is 6.08. The maximum atomic E-state index is 13.0. The van der Waals surface area contributed by atoms with E-state index in [4.69, 9.17) is 0 Å². The fraction of sp³-hybridized carbons (Fsp3) is 0.412. The number of benzene rings is 1. The third kappa shape index (κ3) is 3.42. The molecule has 5 nitrogen and oxygen atoms in total. The molecule has 1 aromatic carbocycles. The molecule has 6 heteroatoms. The zero-order valence-electron chi connectivity index (χ0n) is 13.0. The number of aliphatic hydroxyl groups is 1. The minimum absolute atomic E-state index is 0.0967. The van der Waals surface area contributed by atoms with Crippen LogP contribution in [-0.2, 0) is 0 Å². The summed E-state index contributed by atoms with van der Waals surface area (Å²) in [5.41, 5.74) is 1.94. The first kappa shape index (κ1) is 15.7. The molecule has 0 radical (unpaired) electrons. The van der Waals surface area contributed by atoms with Gasteiger partial charge < -0.3 is 10.4 Å². The van der Waals surface area contributed by atoms with E-state index in [-0.39, 0.29) is 23.9 Å². The lowest BCUT2D eigenvalue weighted by atomic mass is 9.93. The second kappa shape index (κ2) is 6.50. The van der Waals surface area contributed by atoms with Crippen molar-refractivity contribution in [1.29, 1.82) is 0 Å². The maximum absolute atomic E-state index is 13.0. The van der Waals surface area contributed by atoms with Crippen molar-refractivity contribution in [3.05, 3.63) is 47.5 Å². The van der Waals surface area contributed by atoms with Gasteiger partial charge in [0.25, 0.3) is 5.91 Å². The first-order valence-electron chi connectivity index (χ1n) is 7.84. The van der Waals surface area contributed by atoms with Crippen LogP contribution in [0.25, 0.3) is 5.69 Å². The highest BCUT2D eigenvalue weighted by molar-refractivity contribution is 5.95. The van der Waals surface area contributed by atoms with E-state index in [2.05, 4.69) is 10.4 Å². The Morgan fingerprint density at radius 1 is 1.26 bits per heavy atom. The molecule has 0 spiro atoms. The van der Waals surface area contributed by atoms with Gasteiger partial charge in [-0.25, -0.2) is 9.07 Å².